The van der Waals surface area contributed by atoms with Gasteiger partial charge in [-0.15, -0.1) is 0 Å². The Kier molecular flexibility index (Phi) is 10.5. The van der Waals surface area contributed by atoms with Crippen molar-refractivity contribution in [3.05, 3.63) is 0 Å². The van der Waals surface area contributed by atoms with Crippen molar-refractivity contribution in [1.82, 2.24) is 0 Å². The lowest BCUT2D eigenvalue weighted by Gasteiger charge is -2.36. The zero-order chi connectivity index (χ0) is 18.8. The van der Waals surface area contributed by atoms with Crippen LogP contribution in [0.3, 0.4) is 0 Å². The first-order valence-corrected chi connectivity index (χ1v) is 11.9. The quantitative estimate of drug-likeness (QED) is 0.238. The van der Waals surface area contributed by atoms with Crippen molar-refractivity contribution in [3.8, 4) is 0 Å². The molecule has 0 aliphatic carbocycles. The Balaban J connectivity index is 4.21. The highest BCUT2D eigenvalue weighted by Crippen LogP contribution is 2.36. The first-order chi connectivity index (χ1) is 11.1. The molecule has 0 saturated heterocycles. The number of carbonyl (C=O) groups is 2. The van der Waals surface area contributed by atoms with Crippen LogP contribution in [0.15, 0.2) is 0 Å². The lowest BCUT2D eigenvalue weighted by Crippen LogP contribution is -2.40. The minimum absolute atomic E-state index is 0.214. The molecule has 0 radical (unpaired) electrons. The summed E-state index contributed by atoms with van der Waals surface area (Å²) in [5.41, 5.74) is 0. The summed E-state index contributed by atoms with van der Waals surface area (Å²) in [5.74, 6) is -1.76. The fraction of sp³-hybridized carbons (Fsp3) is 0.889. The van der Waals surface area contributed by atoms with Gasteiger partial charge in [0.2, 0.25) is 0 Å². The molecule has 0 unspecified atom stereocenters. The van der Waals surface area contributed by atoms with Crippen LogP contribution in [0.1, 0.15) is 60.3 Å². The van der Waals surface area contributed by atoms with Gasteiger partial charge < -0.3 is 13.9 Å². The second kappa shape index (κ2) is 10.9. The third kappa shape index (κ3) is 8.28. The highest BCUT2D eigenvalue weighted by Gasteiger charge is 2.36. The molecule has 0 aliphatic rings. The number of unbranched alkanes of at least 4 members (excludes halogenated alkanes) is 2. The molecule has 0 fully saturated rings. The Hall–Kier alpha value is -0.883. The molecule has 6 heteroatoms. The lowest BCUT2D eigenvalue weighted by molar-refractivity contribution is -0.161. The maximum absolute atomic E-state index is 11.9. The van der Waals surface area contributed by atoms with Gasteiger partial charge in [-0.05, 0) is 44.8 Å². The molecular formula is C18H36O5Si. The number of esters is 2. The van der Waals surface area contributed by atoms with E-state index in [1.807, 2.05) is 0 Å². The molecule has 142 valence electrons. The van der Waals surface area contributed by atoms with Gasteiger partial charge in [0.15, 0.2) is 14.2 Å². The van der Waals surface area contributed by atoms with Crippen molar-refractivity contribution < 1.29 is 23.5 Å². The first-order valence-electron chi connectivity index (χ1n) is 9.04. The van der Waals surface area contributed by atoms with Crippen molar-refractivity contribution in [3.63, 3.8) is 0 Å². The molecule has 0 aromatic heterocycles. The molecule has 0 atom stereocenters. The van der Waals surface area contributed by atoms with Crippen molar-refractivity contribution in [2.24, 2.45) is 5.92 Å². The van der Waals surface area contributed by atoms with Crippen LogP contribution in [0.4, 0.5) is 0 Å². The van der Waals surface area contributed by atoms with Crippen molar-refractivity contribution in [2.45, 2.75) is 78.4 Å². The highest BCUT2D eigenvalue weighted by molar-refractivity contribution is 6.74. The average Bonchev–Trinajstić information content (AvgIpc) is 2.45. The van der Waals surface area contributed by atoms with Gasteiger partial charge in [-0.2, -0.15) is 0 Å². The molecular weight excluding hydrogens is 324 g/mol. The van der Waals surface area contributed by atoms with Crippen molar-refractivity contribution in [2.75, 3.05) is 19.8 Å². The van der Waals surface area contributed by atoms with E-state index in [0.717, 1.165) is 25.9 Å². The summed E-state index contributed by atoms with van der Waals surface area (Å²) in [6.07, 6.45) is 3.11. The van der Waals surface area contributed by atoms with E-state index in [4.69, 9.17) is 13.9 Å². The van der Waals surface area contributed by atoms with Gasteiger partial charge in [-0.3, -0.25) is 9.59 Å². The van der Waals surface area contributed by atoms with Crippen LogP contribution in [-0.4, -0.2) is 40.1 Å². The van der Waals surface area contributed by atoms with Crippen LogP contribution in [-0.2, 0) is 23.5 Å². The molecule has 0 aliphatic heterocycles. The van der Waals surface area contributed by atoms with E-state index >= 15 is 0 Å². The van der Waals surface area contributed by atoms with Gasteiger partial charge in [0.1, 0.15) is 0 Å². The zero-order valence-corrected chi connectivity index (χ0v) is 17.6. The molecule has 0 heterocycles. The van der Waals surface area contributed by atoms with Crippen LogP contribution < -0.4 is 0 Å². The van der Waals surface area contributed by atoms with Gasteiger partial charge in [0.25, 0.3) is 0 Å². The molecule has 0 spiro atoms. The Morgan fingerprint density at radius 3 is 1.83 bits per heavy atom. The largest absolute Gasteiger partial charge is 0.465 e. The molecule has 24 heavy (non-hydrogen) atoms. The van der Waals surface area contributed by atoms with Gasteiger partial charge in [0.05, 0.1) is 13.2 Å². The van der Waals surface area contributed by atoms with Gasteiger partial charge in [-0.25, -0.2) is 0 Å². The smallest absolute Gasteiger partial charge is 0.320 e. The SMILES string of the molecule is CCOC(=O)C(CCCCCO[Si](C)(C)C(C)(C)C)C(=O)OCC. The van der Waals surface area contributed by atoms with Crippen molar-refractivity contribution >= 4 is 20.3 Å². The molecule has 5 nitrogen and oxygen atoms in total. The van der Waals surface area contributed by atoms with E-state index in [0.29, 0.717) is 6.42 Å². The van der Waals surface area contributed by atoms with Crippen LogP contribution in [0, 0.1) is 5.92 Å². The molecule has 0 saturated carbocycles. The number of ether oxygens (including phenoxy) is 2. The minimum Gasteiger partial charge on any atom is -0.465 e. The Labute approximate surface area is 148 Å². The number of carbonyl (C=O) groups excluding carboxylic acids is 2. The fourth-order valence-corrected chi connectivity index (χ4v) is 3.08. The van der Waals surface area contributed by atoms with Gasteiger partial charge >= 0.3 is 11.9 Å². The van der Waals surface area contributed by atoms with Crippen LogP contribution in [0.5, 0.6) is 0 Å². The number of hydrogen-bond acceptors (Lipinski definition) is 5. The molecule has 0 aromatic carbocycles. The van der Waals surface area contributed by atoms with Crippen LogP contribution in [0.25, 0.3) is 0 Å². The van der Waals surface area contributed by atoms with E-state index < -0.39 is 26.2 Å². The molecule has 0 N–H and O–H groups in total. The predicted octanol–water partition coefficient (Wildman–Crippen LogP) is 4.31. The topological polar surface area (TPSA) is 61.8 Å². The molecule has 0 amide bonds. The van der Waals surface area contributed by atoms with E-state index in [2.05, 4.69) is 33.9 Å². The third-order valence-corrected chi connectivity index (χ3v) is 9.09. The Morgan fingerprint density at radius 2 is 1.42 bits per heavy atom. The third-order valence-electron chi connectivity index (χ3n) is 4.55. The summed E-state index contributed by atoms with van der Waals surface area (Å²) in [4.78, 5) is 23.8. The minimum atomic E-state index is -1.69. The lowest BCUT2D eigenvalue weighted by atomic mass is 10.0. The number of rotatable bonds is 11. The van der Waals surface area contributed by atoms with Gasteiger partial charge in [-0.1, -0.05) is 33.6 Å². The average molecular weight is 361 g/mol. The maximum Gasteiger partial charge on any atom is 0.320 e. The Morgan fingerprint density at radius 1 is 0.917 bits per heavy atom. The fourth-order valence-electron chi connectivity index (χ4n) is 1.99. The van der Waals surface area contributed by atoms with Gasteiger partial charge in [0, 0.05) is 6.61 Å². The molecule has 0 bridgehead atoms. The van der Waals surface area contributed by atoms with Crippen LogP contribution in [0.2, 0.25) is 18.1 Å². The normalized spacial score (nSPS) is 12.3. The zero-order valence-electron chi connectivity index (χ0n) is 16.6. The first kappa shape index (κ1) is 23.1. The number of hydrogen-bond donors (Lipinski definition) is 0. The maximum atomic E-state index is 11.9. The Bertz CT molecular complexity index is 369. The summed E-state index contributed by atoms with van der Waals surface area (Å²) < 4.78 is 16.1. The van der Waals surface area contributed by atoms with E-state index in [9.17, 15) is 9.59 Å². The standard InChI is InChI=1S/C18H36O5Si/c1-8-21-16(19)15(17(20)22-9-2)13-11-10-12-14-23-24(6,7)18(3,4)5/h15H,8-14H2,1-7H3. The van der Waals surface area contributed by atoms with E-state index in [1.54, 1.807) is 13.8 Å². The van der Waals surface area contributed by atoms with Crippen LogP contribution >= 0.6 is 0 Å². The highest BCUT2D eigenvalue weighted by atomic mass is 28.4. The molecule has 0 rings (SSSR count). The van der Waals surface area contributed by atoms with E-state index in [1.165, 1.54) is 0 Å². The molecule has 0 aromatic rings. The van der Waals surface area contributed by atoms with E-state index in [-0.39, 0.29) is 18.3 Å². The summed E-state index contributed by atoms with van der Waals surface area (Å²) in [7, 11) is -1.69. The predicted molar refractivity (Wildman–Crippen MR) is 98.4 cm³/mol. The summed E-state index contributed by atoms with van der Waals surface area (Å²) >= 11 is 0. The second-order valence-electron chi connectivity index (χ2n) is 7.51. The second-order valence-corrected chi connectivity index (χ2v) is 12.3. The van der Waals surface area contributed by atoms with Crippen molar-refractivity contribution in [1.29, 1.82) is 0 Å². The summed E-state index contributed by atoms with van der Waals surface area (Å²) in [6, 6.07) is 0. The summed E-state index contributed by atoms with van der Waals surface area (Å²) in [6.45, 7) is 15.9. The summed E-state index contributed by atoms with van der Waals surface area (Å²) in [5, 5.41) is 0.214. The monoisotopic (exact) mass is 360 g/mol.